The Balaban J connectivity index is 2.07. The van der Waals surface area contributed by atoms with Crippen molar-refractivity contribution in [2.24, 2.45) is 0 Å². The first-order valence-electron chi connectivity index (χ1n) is 6.15. The Kier molecular flexibility index (Phi) is 2.84. The van der Waals surface area contributed by atoms with Gasteiger partial charge in [-0.3, -0.25) is 0 Å². The number of aryl methyl sites for hydroxylation is 2. The van der Waals surface area contributed by atoms with Gasteiger partial charge in [0.2, 0.25) is 0 Å². The molecule has 0 amide bonds. The molecule has 0 unspecified atom stereocenters. The van der Waals surface area contributed by atoms with Gasteiger partial charge in [-0.05, 0) is 37.1 Å². The number of thiazole rings is 1. The minimum atomic E-state index is 0.390. The number of phenols is 1. The molecule has 0 spiro atoms. The molecule has 18 heavy (non-hydrogen) atoms. The first kappa shape index (κ1) is 11.7. The van der Waals surface area contributed by atoms with Crippen LogP contribution in [0, 0.1) is 13.8 Å². The van der Waals surface area contributed by atoms with Gasteiger partial charge in [0.05, 0.1) is 5.69 Å². The van der Waals surface area contributed by atoms with Crippen molar-refractivity contribution < 1.29 is 5.11 Å². The second kappa shape index (κ2) is 4.37. The maximum atomic E-state index is 9.81. The molecule has 2 N–H and O–H groups in total. The number of nitrogens with zero attached hydrogens (tertiary/aromatic N) is 1. The van der Waals surface area contributed by atoms with Crippen LogP contribution in [0.1, 0.15) is 21.7 Å². The van der Waals surface area contributed by atoms with Crippen LogP contribution in [-0.4, -0.2) is 16.6 Å². The topological polar surface area (TPSA) is 45.2 Å². The highest BCUT2D eigenvalue weighted by atomic mass is 32.1. The normalized spacial score (nSPS) is 14.6. The largest absolute Gasteiger partial charge is 0.507 e. The lowest BCUT2D eigenvalue weighted by molar-refractivity contribution is 0.467. The van der Waals surface area contributed by atoms with E-state index in [2.05, 4.69) is 5.32 Å². The van der Waals surface area contributed by atoms with E-state index in [9.17, 15) is 5.11 Å². The summed E-state index contributed by atoms with van der Waals surface area (Å²) in [4.78, 5) is 6.08. The summed E-state index contributed by atoms with van der Waals surface area (Å²) in [6.07, 6.45) is 1.02. The van der Waals surface area contributed by atoms with Gasteiger partial charge in [-0.2, -0.15) is 0 Å². The maximum Gasteiger partial charge on any atom is 0.123 e. The van der Waals surface area contributed by atoms with E-state index in [1.54, 1.807) is 11.3 Å². The smallest absolute Gasteiger partial charge is 0.123 e. The number of hydrogen-bond donors (Lipinski definition) is 2. The molecular formula is C14H16N2OS. The van der Waals surface area contributed by atoms with Crippen molar-refractivity contribution >= 4 is 11.3 Å². The van der Waals surface area contributed by atoms with E-state index in [1.165, 1.54) is 10.6 Å². The molecule has 0 aliphatic carbocycles. The predicted octanol–water partition coefficient (Wildman–Crippen LogP) is 2.78. The van der Waals surface area contributed by atoms with Gasteiger partial charge in [0.25, 0.3) is 0 Å². The Hall–Kier alpha value is -1.39. The quantitative estimate of drug-likeness (QED) is 0.828. The summed E-state index contributed by atoms with van der Waals surface area (Å²) in [5.41, 5.74) is 4.17. The van der Waals surface area contributed by atoms with Crippen LogP contribution < -0.4 is 5.32 Å². The summed E-state index contributed by atoms with van der Waals surface area (Å²) in [6, 6.07) is 4.03. The lowest BCUT2D eigenvalue weighted by Gasteiger charge is -2.09. The highest BCUT2D eigenvalue weighted by molar-refractivity contribution is 7.15. The highest BCUT2D eigenvalue weighted by Crippen LogP contribution is 2.33. The molecule has 3 rings (SSSR count). The van der Waals surface area contributed by atoms with Crippen molar-refractivity contribution in [2.75, 3.05) is 6.54 Å². The molecule has 2 aromatic rings. The molecule has 2 heterocycles. The van der Waals surface area contributed by atoms with Crippen LogP contribution in [0.5, 0.6) is 5.75 Å². The predicted molar refractivity (Wildman–Crippen MR) is 74.1 cm³/mol. The maximum absolute atomic E-state index is 9.81. The molecule has 3 nitrogen and oxygen atoms in total. The Morgan fingerprint density at radius 1 is 1.28 bits per heavy atom. The van der Waals surface area contributed by atoms with Gasteiger partial charge in [0.15, 0.2) is 0 Å². The summed E-state index contributed by atoms with van der Waals surface area (Å²) in [5, 5.41) is 14.2. The Bertz CT molecular complexity index is 557. The van der Waals surface area contributed by atoms with Crippen LogP contribution in [-0.2, 0) is 13.0 Å². The molecule has 1 aliphatic rings. The Labute approximate surface area is 111 Å². The first-order valence-corrected chi connectivity index (χ1v) is 6.96. The van der Waals surface area contributed by atoms with Gasteiger partial charge >= 0.3 is 0 Å². The number of benzene rings is 1. The van der Waals surface area contributed by atoms with Crippen molar-refractivity contribution in [3.63, 3.8) is 0 Å². The molecule has 0 fully saturated rings. The van der Waals surface area contributed by atoms with Crippen molar-refractivity contribution in [1.82, 2.24) is 10.3 Å². The summed E-state index contributed by atoms with van der Waals surface area (Å²) < 4.78 is 0. The molecule has 94 valence electrons. The van der Waals surface area contributed by atoms with E-state index >= 15 is 0 Å². The van der Waals surface area contributed by atoms with Gasteiger partial charge in [-0.1, -0.05) is 0 Å². The van der Waals surface area contributed by atoms with Crippen LogP contribution in [0.4, 0.5) is 0 Å². The molecule has 0 radical (unpaired) electrons. The second-order valence-electron chi connectivity index (χ2n) is 4.77. The zero-order chi connectivity index (χ0) is 12.7. The van der Waals surface area contributed by atoms with E-state index in [-0.39, 0.29) is 0 Å². The van der Waals surface area contributed by atoms with E-state index in [4.69, 9.17) is 4.98 Å². The fourth-order valence-corrected chi connectivity index (χ4v) is 3.39. The summed E-state index contributed by atoms with van der Waals surface area (Å²) in [5.74, 6) is 0.390. The van der Waals surface area contributed by atoms with Crippen LogP contribution in [0.2, 0.25) is 0 Å². The summed E-state index contributed by atoms with van der Waals surface area (Å²) in [7, 11) is 0. The van der Waals surface area contributed by atoms with E-state index in [0.29, 0.717) is 5.75 Å². The van der Waals surface area contributed by atoms with Gasteiger partial charge in [-0.25, -0.2) is 4.98 Å². The summed E-state index contributed by atoms with van der Waals surface area (Å²) >= 11 is 1.76. The third-order valence-corrected chi connectivity index (χ3v) is 4.49. The van der Waals surface area contributed by atoms with Crippen molar-refractivity contribution in [2.45, 2.75) is 26.8 Å². The van der Waals surface area contributed by atoms with Gasteiger partial charge in [-0.15, -0.1) is 11.3 Å². The number of phenolic OH excluding ortho intramolecular Hbond substituents is 1. The average Bonchev–Trinajstić information content (AvgIpc) is 2.79. The minimum absolute atomic E-state index is 0.390. The molecule has 1 aromatic carbocycles. The summed E-state index contributed by atoms with van der Waals surface area (Å²) in [6.45, 7) is 5.81. The monoisotopic (exact) mass is 260 g/mol. The molecule has 4 heteroatoms. The number of aromatic hydroxyl groups is 1. The molecule has 0 bridgehead atoms. The molecule has 1 aromatic heterocycles. The molecule has 0 saturated carbocycles. The van der Waals surface area contributed by atoms with Crippen LogP contribution >= 0.6 is 11.3 Å². The van der Waals surface area contributed by atoms with E-state index < -0.39 is 0 Å². The van der Waals surface area contributed by atoms with Crippen molar-refractivity contribution in [3.05, 3.63) is 33.8 Å². The van der Waals surface area contributed by atoms with Crippen LogP contribution in [0.25, 0.3) is 10.6 Å². The van der Waals surface area contributed by atoms with Gasteiger partial charge < -0.3 is 10.4 Å². The van der Waals surface area contributed by atoms with Gasteiger partial charge in [0, 0.05) is 30.0 Å². The first-order chi connectivity index (χ1) is 8.65. The van der Waals surface area contributed by atoms with E-state index in [1.807, 2.05) is 26.0 Å². The molecule has 0 saturated heterocycles. The number of fused-ring (bicyclic) bond motifs is 1. The zero-order valence-corrected chi connectivity index (χ0v) is 11.4. The lowest BCUT2D eigenvalue weighted by Crippen LogP contribution is -2.22. The fourth-order valence-electron chi connectivity index (χ4n) is 2.33. The Morgan fingerprint density at radius 2 is 2.00 bits per heavy atom. The van der Waals surface area contributed by atoms with Crippen LogP contribution in [0.15, 0.2) is 12.1 Å². The molecule has 0 atom stereocenters. The number of nitrogens with one attached hydrogen (secondary N) is 1. The highest BCUT2D eigenvalue weighted by Gasteiger charge is 2.16. The van der Waals surface area contributed by atoms with Crippen molar-refractivity contribution in [3.8, 4) is 16.3 Å². The third-order valence-electron chi connectivity index (χ3n) is 3.34. The Morgan fingerprint density at radius 3 is 2.67 bits per heavy atom. The SMILES string of the molecule is Cc1cc(-c2nc3c(s2)CNCC3)cc(C)c1O. The van der Waals surface area contributed by atoms with E-state index in [0.717, 1.165) is 41.2 Å². The number of aromatic nitrogens is 1. The molecule has 1 aliphatic heterocycles. The minimum Gasteiger partial charge on any atom is -0.507 e. The van der Waals surface area contributed by atoms with Crippen LogP contribution in [0.3, 0.4) is 0 Å². The molecular weight excluding hydrogens is 244 g/mol. The zero-order valence-electron chi connectivity index (χ0n) is 10.6. The fraction of sp³-hybridized carbons (Fsp3) is 0.357. The number of rotatable bonds is 1. The third kappa shape index (κ3) is 1.91. The standard InChI is InChI=1S/C14H16N2OS/c1-8-5-10(6-9(2)13(8)17)14-16-11-3-4-15-7-12(11)18-14/h5-6,15,17H,3-4,7H2,1-2H3. The van der Waals surface area contributed by atoms with Crippen molar-refractivity contribution in [1.29, 1.82) is 0 Å². The number of hydrogen-bond acceptors (Lipinski definition) is 4. The van der Waals surface area contributed by atoms with Gasteiger partial charge in [0.1, 0.15) is 10.8 Å². The lowest BCUT2D eigenvalue weighted by atomic mass is 10.1. The average molecular weight is 260 g/mol. The second-order valence-corrected chi connectivity index (χ2v) is 5.86.